The third kappa shape index (κ3) is 4.08. The Morgan fingerprint density at radius 2 is 1.94 bits per heavy atom. The molecule has 0 amide bonds. The van der Waals surface area contributed by atoms with E-state index in [9.17, 15) is 0 Å². The van der Waals surface area contributed by atoms with Gasteiger partial charge in [0.15, 0.2) is 0 Å². The number of nitrogens with zero attached hydrogens (tertiary/aromatic N) is 2. The number of hydrogen-bond acceptors (Lipinski definition) is 3. The van der Waals surface area contributed by atoms with E-state index in [4.69, 9.17) is 10.00 Å². The third-order valence-corrected chi connectivity index (χ3v) is 2.73. The molecule has 3 nitrogen and oxygen atoms in total. The minimum absolute atomic E-state index is 0.297. The maximum atomic E-state index is 8.67. The van der Waals surface area contributed by atoms with Crippen LogP contribution in [-0.2, 0) is 0 Å². The van der Waals surface area contributed by atoms with E-state index in [0.29, 0.717) is 19.1 Å². The highest BCUT2D eigenvalue weighted by molar-refractivity contribution is 5.29. The van der Waals surface area contributed by atoms with Crippen molar-refractivity contribution in [1.29, 1.82) is 5.26 Å². The van der Waals surface area contributed by atoms with Crippen molar-refractivity contribution in [3.63, 3.8) is 0 Å². The number of rotatable bonds is 6. The third-order valence-electron chi connectivity index (χ3n) is 2.73. The van der Waals surface area contributed by atoms with Crippen molar-refractivity contribution in [3.8, 4) is 11.8 Å². The van der Waals surface area contributed by atoms with E-state index in [0.717, 1.165) is 12.2 Å². The Morgan fingerprint density at radius 1 is 1.29 bits per heavy atom. The molecule has 0 bridgehead atoms. The lowest BCUT2D eigenvalue weighted by atomic mass is 10.0. The first-order valence-electron chi connectivity index (χ1n) is 5.95. The number of benzene rings is 1. The molecule has 0 saturated carbocycles. The highest BCUT2D eigenvalue weighted by atomic mass is 16.5. The van der Waals surface area contributed by atoms with Crippen LogP contribution < -0.4 is 4.74 Å². The maximum absolute atomic E-state index is 8.67. The molecule has 1 atom stereocenters. The molecule has 0 fully saturated rings. The summed E-state index contributed by atoms with van der Waals surface area (Å²) in [7, 11) is 4.08. The fourth-order valence-electron chi connectivity index (χ4n) is 1.88. The predicted octanol–water partition coefficient (Wildman–Crippen LogP) is 2.99. The van der Waals surface area contributed by atoms with E-state index in [2.05, 4.69) is 23.1 Å². The molecule has 0 aromatic heterocycles. The van der Waals surface area contributed by atoms with Crippen molar-refractivity contribution in [3.05, 3.63) is 29.8 Å². The second kappa shape index (κ2) is 6.93. The van der Waals surface area contributed by atoms with Gasteiger partial charge in [-0.15, -0.1) is 0 Å². The van der Waals surface area contributed by atoms with Gasteiger partial charge in [0.2, 0.25) is 0 Å². The van der Waals surface area contributed by atoms with Crippen LogP contribution in [0.1, 0.15) is 31.4 Å². The van der Waals surface area contributed by atoms with Gasteiger partial charge in [-0.2, -0.15) is 5.26 Å². The van der Waals surface area contributed by atoms with Gasteiger partial charge in [0, 0.05) is 12.5 Å². The van der Waals surface area contributed by atoms with E-state index >= 15 is 0 Å². The van der Waals surface area contributed by atoms with Crippen LogP contribution in [0.3, 0.4) is 0 Å². The minimum Gasteiger partial charge on any atom is -0.494 e. The summed E-state index contributed by atoms with van der Waals surface area (Å²) in [6.07, 6.45) is 1.44. The Kier molecular flexibility index (Phi) is 5.51. The van der Waals surface area contributed by atoms with Crippen LogP contribution in [0.2, 0.25) is 0 Å². The standard InChI is InChI=1S/C14H20N2O/c1-4-17-13-9-7-12(8-10-13)14(16(2)3)6-5-11-15/h7-10,14H,4-6H2,1-3H3. The van der Waals surface area contributed by atoms with Crippen LogP contribution in [0.5, 0.6) is 5.75 Å². The molecule has 92 valence electrons. The van der Waals surface area contributed by atoms with Gasteiger partial charge >= 0.3 is 0 Å². The zero-order chi connectivity index (χ0) is 12.7. The van der Waals surface area contributed by atoms with Gasteiger partial charge in [0.1, 0.15) is 5.75 Å². The Bertz CT molecular complexity index is 365. The van der Waals surface area contributed by atoms with E-state index in [1.54, 1.807) is 0 Å². The molecule has 1 unspecified atom stereocenters. The van der Waals surface area contributed by atoms with Crippen molar-refractivity contribution < 1.29 is 4.74 Å². The van der Waals surface area contributed by atoms with Crippen molar-refractivity contribution in [2.75, 3.05) is 20.7 Å². The van der Waals surface area contributed by atoms with Gasteiger partial charge < -0.3 is 9.64 Å². The zero-order valence-electron chi connectivity index (χ0n) is 10.8. The normalized spacial score (nSPS) is 12.2. The summed E-state index contributed by atoms with van der Waals surface area (Å²) in [5, 5.41) is 8.67. The number of ether oxygens (including phenoxy) is 1. The van der Waals surface area contributed by atoms with Gasteiger partial charge in [-0.1, -0.05) is 12.1 Å². The molecule has 0 aliphatic rings. The summed E-state index contributed by atoms with van der Waals surface area (Å²) < 4.78 is 5.42. The SMILES string of the molecule is CCOc1ccc(C(CCC#N)N(C)C)cc1. The monoisotopic (exact) mass is 232 g/mol. The Morgan fingerprint density at radius 3 is 2.41 bits per heavy atom. The average Bonchev–Trinajstić information content (AvgIpc) is 2.31. The molecule has 1 aromatic carbocycles. The van der Waals surface area contributed by atoms with Gasteiger partial charge in [-0.3, -0.25) is 0 Å². The maximum Gasteiger partial charge on any atom is 0.119 e. The van der Waals surface area contributed by atoms with Gasteiger partial charge in [0.25, 0.3) is 0 Å². The molecule has 0 N–H and O–H groups in total. The second-order valence-corrected chi connectivity index (χ2v) is 4.18. The highest BCUT2D eigenvalue weighted by Crippen LogP contribution is 2.25. The Balaban J connectivity index is 2.77. The Labute approximate surface area is 104 Å². The first-order valence-corrected chi connectivity index (χ1v) is 5.95. The predicted molar refractivity (Wildman–Crippen MR) is 68.9 cm³/mol. The molecule has 1 rings (SSSR count). The first kappa shape index (κ1) is 13.5. The summed E-state index contributed by atoms with van der Waals surface area (Å²) in [5.41, 5.74) is 1.23. The zero-order valence-corrected chi connectivity index (χ0v) is 10.8. The van der Waals surface area contributed by atoms with Crippen molar-refractivity contribution in [2.24, 2.45) is 0 Å². The molecule has 3 heteroatoms. The molecule has 0 heterocycles. The lowest BCUT2D eigenvalue weighted by Gasteiger charge is -2.24. The molecular weight excluding hydrogens is 212 g/mol. The highest BCUT2D eigenvalue weighted by Gasteiger charge is 2.13. The summed E-state index contributed by atoms with van der Waals surface area (Å²) in [5.74, 6) is 0.897. The Hall–Kier alpha value is -1.53. The van der Waals surface area contributed by atoms with Gasteiger partial charge in [-0.25, -0.2) is 0 Å². The van der Waals surface area contributed by atoms with E-state index in [-0.39, 0.29) is 0 Å². The minimum atomic E-state index is 0.297. The van der Waals surface area contributed by atoms with Crippen LogP contribution >= 0.6 is 0 Å². The summed E-state index contributed by atoms with van der Waals surface area (Å²) in [4.78, 5) is 2.15. The fraction of sp³-hybridized carbons (Fsp3) is 0.500. The summed E-state index contributed by atoms with van der Waals surface area (Å²) in [6, 6.07) is 10.6. The smallest absolute Gasteiger partial charge is 0.119 e. The van der Waals surface area contributed by atoms with Gasteiger partial charge in [-0.05, 0) is 45.1 Å². The second-order valence-electron chi connectivity index (χ2n) is 4.18. The van der Waals surface area contributed by atoms with Crippen LogP contribution in [0, 0.1) is 11.3 Å². The van der Waals surface area contributed by atoms with E-state index < -0.39 is 0 Å². The van der Waals surface area contributed by atoms with E-state index in [1.807, 2.05) is 33.2 Å². The van der Waals surface area contributed by atoms with Gasteiger partial charge in [0.05, 0.1) is 12.7 Å². The van der Waals surface area contributed by atoms with Crippen LogP contribution in [-0.4, -0.2) is 25.6 Å². The topological polar surface area (TPSA) is 36.3 Å². The quantitative estimate of drug-likeness (QED) is 0.756. The lowest BCUT2D eigenvalue weighted by molar-refractivity contribution is 0.285. The van der Waals surface area contributed by atoms with Crippen LogP contribution in [0.15, 0.2) is 24.3 Å². The molecule has 0 aliphatic carbocycles. The molecule has 0 saturated heterocycles. The largest absolute Gasteiger partial charge is 0.494 e. The molecule has 0 spiro atoms. The fourth-order valence-corrected chi connectivity index (χ4v) is 1.88. The van der Waals surface area contributed by atoms with Crippen molar-refractivity contribution >= 4 is 0 Å². The van der Waals surface area contributed by atoms with Crippen molar-refractivity contribution in [2.45, 2.75) is 25.8 Å². The molecule has 1 aromatic rings. The molecular formula is C14H20N2O. The number of nitriles is 1. The first-order chi connectivity index (χ1) is 8.19. The van der Waals surface area contributed by atoms with E-state index in [1.165, 1.54) is 5.56 Å². The summed E-state index contributed by atoms with van der Waals surface area (Å²) >= 11 is 0. The average molecular weight is 232 g/mol. The summed E-state index contributed by atoms with van der Waals surface area (Å²) in [6.45, 7) is 2.66. The molecule has 0 aliphatic heterocycles. The lowest BCUT2D eigenvalue weighted by Crippen LogP contribution is -2.19. The molecule has 0 radical (unpaired) electrons. The van der Waals surface area contributed by atoms with Crippen LogP contribution in [0.4, 0.5) is 0 Å². The molecule has 17 heavy (non-hydrogen) atoms. The number of hydrogen-bond donors (Lipinski definition) is 0. The van der Waals surface area contributed by atoms with Crippen molar-refractivity contribution in [1.82, 2.24) is 4.90 Å². The van der Waals surface area contributed by atoms with Crippen LogP contribution in [0.25, 0.3) is 0 Å².